The number of carbonyl (C=O) groups is 2. The number of hydrogen-bond acceptors (Lipinski definition) is 6. The molecule has 2 amide bonds. The van der Waals surface area contributed by atoms with Crippen LogP contribution in [-0.2, 0) is 9.59 Å². The molecule has 2 aliphatic rings. The number of nitrogens with one attached hydrogen (secondary N) is 2. The molecule has 0 saturated heterocycles. The number of aliphatic hydroxyl groups is 1. The first kappa shape index (κ1) is 28.5. The van der Waals surface area contributed by atoms with E-state index in [0.29, 0.717) is 18.4 Å². The Morgan fingerprint density at radius 3 is 2.36 bits per heavy atom. The average molecular weight is 555 g/mol. The highest BCUT2D eigenvalue weighted by atomic mass is 19.4. The third kappa shape index (κ3) is 7.53. The Bertz CT molecular complexity index is 1180. The SMILES string of the molecule is Cc1ccc(OCC(=O)NC2C[C@H](O)C3(NC(=O)COc4ccc(OC(F)(F)F)cc4)CCCC2C3)cc1F. The second kappa shape index (κ2) is 11.7. The molecule has 2 fully saturated rings. The lowest BCUT2D eigenvalue weighted by Crippen LogP contribution is -2.66. The van der Waals surface area contributed by atoms with Gasteiger partial charge in [0.15, 0.2) is 13.2 Å². The van der Waals surface area contributed by atoms with Gasteiger partial charge in [0.2, 0.25) is 0 Å². The number of benzene rings is 2. The van der Waals surface area contributed by atoms with Crippen molar-refractivity contribution in [1.29, 1.82) is 0 Å². The van der Waals surface area contributed by atoms with Crippen LogP contribution in [0.4, 0.5) is 17.6 Å². The van der Waals surface area contributed by atoms with Crippen LogP contribution in [0.3, 0.4) is 0 Å². The fourth-order valence-corrected chi connectivity index (χ4v) is 5.29. The Hall–Kier alpha value is -3.54. The van der Waals surface area contributed by atoms with E-state index in [4.69, 9.17) is 9.47 Å². The number of alkyl halides is 3. The standard InChI is InChI=1S/C27H30F4N2O6/c1-16-4-5-20(11-21(16)28)38-14-24(35)32-22-12-23(34)26(10-2-3-17(22)13-26)33-25(36)15-37-18-6-8-19(9-7-18)39-27(29,30)31/h4-9,11,17,22-23,34H,2-3,10,12-15H2,1H3,(H,32,35)(H,33,36)/t17?,22?,23-,26?/m0/s1. The summed E-state index contributed by atoms with van der Waals surface area (Å²) in [5, 5.41) is 16.8. The van der Waals surface area contributed by atoms with Crippen molar-refractivity contribution >= 4 is 11.8 Å². The van der Waals surface area contributed by atoms with Crippen LogP contribution in [0.15, 0.2) is 42.5 Å². The van der Waals surface area contributed by atoms with Gasteiger partial charge >= 0.3 is 6.36 Å². The predicted octanol–water partition coefficient (Wildman–Crippen LogP) is 3.79. The summed E-state index contributed by atoms with van der Waals surface area (Å²) in [5.74, 6) is -1.27. The summed E-state index contributed by atoms with van der Waals surface area (Å²) in [6.45, 7) is 0.929. The number of hydrogen-bond donors (Lipinski definition) is 3. The van der Waals surface area contributed by atoms with Gasteiger partial charge in [-0.15, -0.1) is 13.2 Å². The molecule has 0 aliphatic heterocycles. The van der Waals surface area contributed by atoms with Gasteiger partial charge in [-0.25, -0.2) is 4.39 Å². The van der Waals surface area contributed by atoms with E-state index in [1.807, 2.05) is 0 Å². The number of aryl methyl sites for hydroxylation is 1. The van der Waals surface area contributed by atoms with E-state index >= 15 is 0 Å². The lowest BCUT2D eigenvalue weighted by atomic mass is 9.63. The summed E-state index contributed by atoms with van der Waals surface area (Å²) in [5.41, 5.74) is -0.402. The normalized spacial score (nSPS) is 24.4. The van der Waals surface area contributed by atoms with Gasteiger partial charge < -0.3 is 30.0 Å². The van der Waals surface area contributed by atoms with Crippen LogP contribution in [-0.4, -0.2) is 54.2 Å². The van der Waals surface area contributed by atoms with Gasteiger partial charge in [-0.1, -0.05) is 12.5 Å². The molecular weight excluding hydrogens is 524 g/mol. The molecule has 12 heteroatoms. The number of fused-ring (bicyclic) bond motifs is 2. The first-order chi connectivity index (χ1) is 18.4. The van der Waals surface area contributed by atoms with Crippen molar-refractivity contribution in [3.05, 3.63) is 53.8 Å². The maximum absolute atomic E-state index is 13.7. The predicted molar refractivity (Wildman–Crippen MR) is 131 cm³/mol. The molecule has 4 atom stereocenters. The van der Waals surface area contributed by atoms with Crippen molar-refractivity contribution in [3.63, 3.8) is 0 Å². The molecule has 4 rings (SSSR count). The third-order valence-electron chi connectivity index (χ3n) is 7.18. The lowest BCUT2D eigenvalue weighted by Gasteiger charge is -2.51. The van der Waals surface area contributed by atoms with Crippen LogP contribution in [0, 0.1) is 18.7 Å². The van der Waals surface area contributed by atoms with E-state index < -0.39 is 48.0 Å². The number of aliphatic hydroxyl groups excluding tert-OH is 1. The highest BCUT2D eigenvalue weighted by Gasteiger charge is 2.50. The zero-order valence-electron chi connectivity index (χ0n) is 21.2. The van der Waals surface area contributed by atoms with Gasteiger partial charge in [0, 0.05) is 12.1 Å². The minimum absolute atomic E-state index is 0.0188. The van der Waals surface area contributed by atoms with E-state index in [9.17, 15) is 32.3 Å². The number of halogens is 4. The monoisotopic (exact) mass is 554 g/mol. The summed E-state index contributed by atoms with van der Waals surface area (Å²) in [6, 6.07) is 8.70. The van der Waals surface area contributed by atoms with Gasteiger partial charge in [0.1, 0.15) is 23.1 Å². The number of amides is 2. The van der Waals surface area contributed by atoms with Crippen molar-refractivity contribution in [1.82, 2.24) is 10.6 Å². The van der Waals surface area contributed by atoms with E-state index in [1.54, 1.807) is 19.1 Å². The van der Waals surface area contributed by atoms with Crippen LogP contribution in [0.1, 0.15) is 37.7 Å². The third-order valence-corrected chi connectivity index (χ3v) is 7.18. The molecular formula is C27H30F4N2O6. The number of carbonyl (C=O) groups excluding carboxylic acids is 2. The minimum Gasteiger partial charge on any atom is -0.484 e. The van der Waals surface area contributed by atoms with Crippen molar-refractivity contribution in [3.8, 4) is 17.2 Å². The van der Waals surface area contributed by atoms with Crippen LogP contribution in [0.25, 0.3) is 0 Å². The van der Waals surface area contributed by atoms with E-state index in [-0.39, 0.29) is 36.5 Å². The molecule has 0 heterocycles. The van der Waals surface area contributed by atoms with Crippen molar-refractivity contribution in [2.24, 2.45) is 5.92 Å². The molecule has 0 spiro atoms. The Labute approximate surface area is 222 Å². The Balaban J connectivity index is 1.27. The van der Waals surface area contributed by atoms with Crippen molar-refractivity contribution in [2.45, 2.75) is 63.1 Å². The molecule has 212 valence electrons. The molecule has 0 aromatic heterocycles. The van der Waals surface area contributed by atoms with Crippen LogP contribution in [0.5, 0.6) is 17.2 Å². The highest BCUT2D eigenvalue weighted by Crippen LogP contribution is 2.43. The largest absolute Gasteiger partial charge is 0.573 e. The second-order valence-corrected chi connectivity index (χ2v) is 9.99. The Kier molecular flexibility index (Phi) is 8.53. The van der Waals surface area contributed by atoms with E-state index in [0.717, 1.165) is 25.0 Å². The highest BCUT2D eigenvalue weighted by molar-refractivity contribution is 5.79. The van der Waals surface area contributed by atoms with Crippen LogP contribution >= 0.6 is 0 Å². The summed E-state index contributed by atoms with van der Waals surface area (Å²) in [7, 11) is 0. The smallest absolute Gasteiger partial charge is 0.484 e. The summed E-state index contributed by atoms with van der Waals surface area (Å²) < 4.78 is 65.2. The molecule has 2 saturated carbocycles. The molecule has 8 nitrogen and oxygen atoms in total. The summed E-state index contributed by atoms with van der Waals surface area (Å²) >= 11 is 0. The Morgan fingerprint density at radius 1 is 1.03 bits per heavy atom. The molecule has 0 radical (unpaired) electrons. The van der Waals surface area contributed by atoms with Gasteiger partial charge in [0.05, 0.1) is 11.6 Å². The van der Waals surface area contributed by atoms with Crippen LogP contribution in [0.2, 0.25) is 0 Å². The molecule has 2 aliphatic carbocycles. The molecule has 39 heavy (non-hydrogen) atoms. The fraction of sp³-hybridized carbons (Fsp3) is 0.481. The quantitative estimate of drug-likeness (QED) is 0.408. The molecule has 2 aromatic carbocycles. The van der Waals surface area contributed by atoms with Crippen molar-refractivity contribution in [2.75, 3.05) is 13.2 Å². The molecule has 2 aromatic rings. The molecule has 3 N–H and O–H groups in total. The molecule has 2 bridgehead atoms. The lowest BCUT2D eigenvalue weighted by molar-refractivity contribution is -0.274. The average Bonchev–Trinajstić information content (AvgIpc) is 2.87. The Morgan fingerprint density at radius 2 is 1.67 bits per heavy atom. The van der Waals surface area contributed by atoms with Gasteiger partial charge in [-0.2, -0.15) is 0 Å². The van der Waals surface area contributed by atoms with Gasteiger partial charge in [-0.05, 0) is 74.4 Å². The minimum atomic E-state index is -4.81. The summed E-state index contributed by atoms with van der Waals surface area (Å²) in [6.07, 6.45) is -2.94. The maximum Gasteiger partial charge on any atom is 0.573 e. The topological polar surface area (TPSA) is 106 Å². The summed E-state index contributed by atoms with van der Waals surface area (Å²) in [4.78, 5) is 25.2. The first-order valence-corrected chi connectivity index (χ1v) is 12.6. The zero-order chi connectivity index (χ0) is 28.2. The van der Waals surface area contributed by atoms with Gasteiger partial charge in [0.25, 0.3) is 11.8 Å². The zero-order valence-corrected chi connectivity index (χ0v) is 21.2. The van der Waals surface area contributed by atoms with Crippen molar-refractivity contribution < 1.29 is 46.5 Å². The van der Waals surface area contributed by atoms with E-state index in [2.05, 4.69) is 15.4 Å². The van der Waals surface area contributed by atoms with Gasteiger partial charge in [-0.3, -0.25) is 9.59 Å². The second-order valence-electron chi connectivity index (χ2n) is 9.99. The fourth-order valence-electron chi connectivity index (χ4n) is 5.29. The maximum atomic E-state index is 13.7. The molecule has 3 unspecified atom stereocenters. The van der Waals surface area contributed by atoms with E-state index in [1.165, 1.54) is 18.2 Å². The number of rotatable bonds is 9. The number of ether oxygens (including phenoxy) is 3. The first-order valence-electron chi connectivity index (χ1n) is 12.6. The van der Waals surface area contributed by atoms with Crippen LogP contribution < -0.4 is 24.8 Å².